The Morgan fingerprint density at radius 3 is 3.07 bits per heavy atom. The molecule has 1 N–H and O–H groups in total. The first-order chi connectivity index (χ1) is 7.22. The molecule has 5 heteroatoms. The molecule has 0 aliphatic rings. The zero-order valence-electron chi connectivity index (χ0n) is 9.24. The molecular weight excluding hydrogens is 214 g/mol. The molecule has 1 heterocycles. The number of ether oxygens (including phenoxy) is 1. The summed E-state index contributed by atoms with van der Waals surface area (Å²) in [4.78, 5) is 0. The molecular formula is C10H18ClN3O. The first-order valence-corrected chi connectivity index (χ1v) is 5.48. The quantitative estimate of drug-likeness (QED) is 0.565. The second-order valence-corrected chi connectivity index (χ2v) is 4.12. The topological polar surface area (TPSA) is 39.1 Å². The number of nitrogens with one attached hydrogen (secondary N) is 1. The van der Waals surface area contributed by atoms with E-state index in [1.54, 1.807) is 11.8 Å². The van der Waals surface area contributed by atoms with Crippen molar-refractivity contribution in [3.05, 3.63) is 18.0 Å². The maximum absolute atomic E-state index is 5.98. The van der Waals surface area contributed by atoms with Crippen LogP contribution in [0.4, 0.5) is 0 Å². The van der Waals surface area contributed by atoms with E-state index in [-0.39, 0.29) is 5.38 Å². The summed E-state index contributed by atoms with van der Waals surface area (Å²) < 4.78 is 6.74. The van der Waals surface area contributed by atoms with Crippen molar-refractivity contribution in [2.45, 2.75) is 18.3 Å². The van der Waals surface area contributed by atoms with Crippen LogP contribution in [0.25, 0.3) is 0 Å². The van der Waals surface area contributed by atoms with Crippen molar-refractivity contribution in [3.8, 4) is 0 Å². The van der Waals surface area contributed by atoms with Gasteiger partial charge in [-0.25, -0.2) is 0 Å². The highest BCUT2D eigenvalue weighted by Crippen LogP contribution is 2.01. The number of aryl methyl sites for hydroxylation is 1. The monoisotopic (exact) mass is 231 g/mol. The highest BCUT2D eigenvalue weighted by molar-refractivity contribution is 6.20. The van der Waals surface area contributed by atoms with E-state index in [2.05, 4.69) is 10.4 Å². The summed E-state index contributed by atoms with van der Waals surface area (Å²) in [5, 5.41) is 7.64. The molecule has 1 unspecified atom stereocenters. The lowest BCUT2D eigenvalue weighted by atomic mass is 10.3. The van der Waals surface area contributed by atoms with E-state index in [1.165, 1.54) is 0 Å². The number of hydrogen-bond donors (Lipinski definition) is 1. The minimum Gasteiger partial charge on any atom is -0.383 e. The standard InChI is InChI=1S/C10H18ClN3O/c1-14-6-4-10(13-14)7-12-5-3-9(11)8-15-2/h4,6,9,12H,3,5,7-8H2,1-2H3. The van der Waals surface area contributed by atoms with Gasteiger partial charge in [0.25, 0.3) is 0 Å². The minimum absolute atomic E-state index is 0.0891. The lowest BCUT2D eigenvalue weighted by Gasteiger charge is -2.08. The van der Waals surface area contributed by atoms with Crippen molar-refractivity contribution < 1.29 is 4.74 Å². The second-order valence-electron chi connectivity index (χ2n) is 3.50. The summed E-state index contributed by atoms with van der Waals surface area (Å²) in [5.74, 6) is 0. The van der Waals surface area contributed by atoms with E-state index >= 15 is 0 Å². The van der Waals surface area contributed by atoms with Gasteiger partial charge in [-0.2, -0.15) is 5.10 Å². The van der Waals surface area contributed by atoms with Crippen molar-refractivity contribution in [2.24, 2.45) is 7.05 Å². The molecule has 4 nitrogen and oxygen atoms in total. The molecule has 15 heavy (non-hydrogen) atoms. The minimum atomic E-state index is 0.0891. The smallest absolute Gasteiger partial charge is 0.0762 e. The van der Waals surface area contributed by atoms with Gasteiger partial charge in [0.15, 0.2) is 0 Å². The predicted molar refractivity (Wildman–Crippen MR) is 61.0 cm³/mol. The van der Waals surface area contributed by atoms with Crippen LogP contribution in [0.15, 0.2) is 12.3 Å². The van der Waals surface area contributed by atoms with Gasteiger partial charge >= 0.3 is 0 Å². The van der Waals surface area contributed by atoms with E-state index in [0.29, 0.717) is 6.61 Å². The summed E-state index contributed by atoms with van der Waals surface area (Å²) in [6, 6.07) is 2.00. The Balaban J connectivity index is 2.06. The number of nitrogens with zero attached hydrogens (tertiary/aromatic N) is 2. The molecule has 0 saturated heterocycles. The molecule has 0 fully saturated rings. The first-order valence-electron chi connectivity index (χ1n) is 5.04. The van der Waals surface area contributed by atoms with Crippen LogP contribution in [0.3, 0.4) is 0 Å². The fraction of sp³-hybridized carbons (Fsp3) is 0.700. The van der Waals surface area contributed by atoms with Crippen molar-refractivity contribution in [1.82, 2.24) is 15.1 Å². The molecule has 0 aliphatic heterocycles. The van der Waals surface area contributed by atoms with E-state index in [1.807, 2.05) is 19.3 Å². The maximum Gasteiger partial charge on any atom is 0.0762 e. The molecule has 0 radical (unpaired) electrons. The van der Waals surface area contributed by atoms with Crippen molar-refractivity contribution in [3.63, 3.8) is 0 Å². The lowest BCUT2D eigenvalue weighted by Crippen LogP contribution is -2.20. The molecule has 1 rings (SSSR count). The maximum atomic E-state index is 5.98. The average molecular weight is 232 g/mol. The third kappa shape index (κ3) is 5.16. The van der Waals surface area contributed by atoms with Gasteiger partial charge in [-0.05, 0) is 19.0 Å². The Bertz CT molecular complexity index is 277. The second kappa shape index (κ2) is 6.82. The van der Waals surface area contributed by atoms with Crippen LogP contribution in [0.5, 0.6) is 0 Å². The van der Waals surface area contributed by atoms with Gasteiger partial charge in [-0.15, -0.1) is 11.6 Å². The summed E-state index contributed by atoms with van der Waals surface area (Å²) in [6.45, 7) is 2.28. The molecule has 1 aromatic heterocycles. The van der Waals surface area contributed by atoms with E-state index in [4.69, 9.17) is 16.3 Å². The molecule has 0 bridgehead atoms. The summed E-state index contributed by atoms with van der Waals surface area (Å²) >= 11 is 5.98. The van der Waals surface area contributed by atoms with E-state index in [9.17, 15) is 0 Å². The van der Waals surface area contributed by atoms with Gasteiger partial charge in [-0.3, -0.25) is 4.68 Å². The lowest BCUT2D eigenvalue weighted by molar-refractivity contribution is 0.195. The molecule has 0 amide bonds. The van der Waals surface area contributed by atoms with E-state index < -0.39 is 0 Å². The largest absolute Gasteiger partial charge is 0.383 e. The van der Waals surface area contributed by atoms with Crippen LogP contribution >= 0.6 is 11.6 Å². The molecule has 0 spiro atoms. The summed E-state index contributed by atoms with van der Waals surface area (Å²) in [5.41, 5.74) is 1.05. The van der Waals surface area contributed by atoms with Gasteiger partial charge in [-0.1, -0.05) is 0 Å². The van der Waals surface area contributed by atoms with Crippen molar-refractivity contribution >= 4 is 11.6 Å². The van der Waals surface area contributed by atoms with Gasteiger partial charge in [0, 0.05) is 26.9 Å². The summed E-state index contributed by atoms with van der Waals surface area (Å²) in [6.07, 6.45) is 2.84. The first kappa shape index (κ1) is 12.5. The fourth-order valence-electron chi connectivity index (χ4n) is 1.30. The van der Waals surface area contributed by atoms with Crippen LogP contribution in [0, 0.1) is 0 Å². The Morgan fingerprint density at radius 1 is 1.67 bits per heavy atom. The molecule has 0 aromatic carbocycles. The zero-order chi connectivity index (χ0) is 11.1. The number of aromatic nitrogens is 2. The number of halogens is 1. The zero-order valence-corrected chi connectivity index (χ0v) is 10.00. The number of hydrogen-bond acceptors (Lipinski definition) is 3. The van der Waals surface area contributed by atoms with Gasteiger partial charge < -0.3 is 10.1 Å². The molecule has 0 saturated carbocycles. The van der Waals surface area contributed by atoms with Crippen molar-refractivity contribution in [1.29, 1.82) is 0 Å². The van der Waals surface area contributed by atoms with Gasteiger partial charge in [0.05, 0.1) is 17.7 Å². The van der Waals surface area contributed by atoms with Crippen LogP contribution in [0.1, 0.15) is 12.1 Å². The highest BCUT2D eigenvalue weighted by atomic mass is 35.5. The van der Waals surface area contributed by atoms with Gasteiger partial charge in [0.2, 0.25) is 0 Å². The third-order valence-electron chi connectivity index (χ3n) is 2.06. The Labute approximate surface area is 95.6 Å². The molecule has 1 aromatic rings. The third-order valence-corrected chi connectivity index (χ3v) is 2.40. The molecule has 1 atom stereocenters. The predicted octanol–water partition coefficient (Wildman–Crippen LogP) is 1.15. The molecule has 0 aliphatic carbocycles. The van der Waals surface area contributed by atoms with Crippen molar-refractivity contribution in [2.75, 3.05) is 20.3 Å². The SMILES string of the molecule is COCC(Cl)CCNCc1ccn(C)n1. The average Bonchev–Trinajstić information content (AvgIpc) is 2.60. The van der Waals surface area contributed by atoms with Gasteiger partial charge in [0.1, 0.15) is 0 Å². The van der Waals surface area contributed by atoms with Crippen LogP contribution in [-0.2, 0) is 18.3 Å². The normalized spacial score (nSPS) is 13.0. The van der Waals surface area contributed by atoms with Crippen LogP contribution < -0.4 is 5.32 Å². The molecule has 86 valence electrons. The summed E-state index contributed by atoms with van der Waals surface area (Å²) in [7, 11) is 3.58. The number of methoxy groups -OCH3 is 1. The number of rotatable bonds is 7. The fourth-order valence-corrected chi connectivity index (χ4v) is 1.53. The van der Waals surface area contributed by atoms with Crippen LogP contribution in [0.2, 0.25) is 0 Å². The van der Waals surface area contributed by atoms with Crippen LogP contribution in [-0.4, -0.2) is 35.4 Å². The Morgan fingerprint density at radius 2 is 2.47 bits per heavy atom. The highest BCUT2D eigenvalue weighted by Gasteiger charge is 2.03. The number of alkyl halides is 1. The Kier molecular flexibility index (Phi) is 5.68. The van der Waals surface area contributed by atoms with E-state index in [0.717, 1.165) is 25.2 Å². The Hall–Kier alpha value is -0.580.